The van der Waals surface area contributed by atoms with Gasteiger partial charge in [-0.15, -0.1) is 0 Å². The Morgan fingerprint density at radius 2 is 1.55 bits per heavy atom. The highest BCUT2D eigenvalue weighted by molar-refractivity contribution is 6.36. The van der Waals surface area contributed by atoms with Gasteiger partial charge in [0.2, 0.25) is 0 Å². The zero-order valence-corrected chi connectivity index (χ0v) is 19.1. The van der Waals surface area contributed by atoms with Crippen LogP contribution in [-0.4, -0.2) is 29.9 Å². The minimum Gasteiger partial charge on any atom is -0.494 e. The number of anilines is 1. The first-order valence-corrected chi connectivity index (χ1v) is 11.0. The summed E-state index contributed by atoms with van der Waals surface area (Å²) in [5, 5.41) is 3.22. The summed E-state index contributed by atoms with van der Waals surface area (Å²) in [5.74, 6) is 0.813. The SMILES string of the molecule is CCCOc1ccc(C2=C(Nc3ccc(C(C)C)cc3)C(=O)N(CC(C)C)C2=O)cc1. The van der Waals surface area contributed by atoms with Crippen LogP contribution in [0, 0.1) is 5.92 Å². The molecule has 0 aromatic heterocycles. The minimum atomic E-state index is -0.284. The fraction of sp³-hybridized carbons (Fsp3) is 0.385. The molecule has 164 valence electrons. The van der Waals surface area contributed by atoms with Gasteiger partial charge in [0.15, 0.2) is 0 Å². The summed E-state index contributed by atoms with van der Waals surface area (Å²) in [4.78, 5) is 27.8. The van der Waals surface area contributed by atoms with Gasteiger partial charge in [0.1, 0.15) is 11.4 Å². The predicted molar refractivity (Wildman–Crippen MR) is 125 cm³/mol. The summed E-state index contributed by atoms with van der Waals surface area (Å²) < 4.78 is 5.65. The summed E-state index contributed by atoms with van der Waals surface area (Å²) in [6.45, 7) is 11.3. The highest BCUT2D eigenvalue weighted by atomic mass is 16.5. The minimum absolute atomic E-state index is 0.184. The number of carbonyl (C=O) groups is 2. The Morgan fingerprint density at radius 1 is 0.903 bits per heavy atom. The highest BCUT2D eigenvalue weighted by Gasteiger charge is 2.39. The van der Waals surface area contributed by atoms with Gasteiger partial charge in [-0.1, -0.05) is 58.9 Å². The van der Waals surface area contributed by atoms with Crippen molar-refractivity contribution in [3.63, 3.8) is 0 Å². The monoisotopic (exact) mass is 420 g/mol. The zero-order chi connectivity index (χ0) is 22.5. The number of benzene rings is 2. The molecule has 0 radical (unpaired) electrons. The fourth-order valence-electron chi connectivity index (χ4n) is 3.52. The van der Waals surface area contributed by atoms with Crippen molar-refractivity contribution in [3.8, 4) is 5.75 Å². The second kappa shape index (κ2) is 9.82. The lowest BCUT2D eigenvalue weighted by Gasteiger charge is -2.17. The largest absolute Gasteiger partial charge is 0.494 e. The number of imide groups is 1. The van der Waals surface area contributed by atoms with Crippen molar-refractivity contribution in [1.29, 1.82) is 0 Å². The lowest BCUT2D eigenvalue weighted by Crippen LogP contribution is -2.35. The molecule has 3 rings (SSSR count). The second-order valence-electron chi connectivity index (χ2n) is 8.64. The fourth-order valence-corrected chi connectivity index (χ4v) is 3.52. The topological polar surface area (TPSA) is 58.6 Å². The molecule has 5 nitrogen and oxygen atoms in total. The number of hydrogen-bond acceptors (Lipinski definition) is 4. The highest BCUT2D eigenvalue weighted by Crippen LogP contribution is 2.32. The lowest BCUT2D eigenvalue weighted by molar-refractivity contribution is -0.137. The van der Waals surface area contributed by atoms with Crippen LogP contribution in [0.1, 0.15) is 58.1 Å². The van der Waals surface area contributed by atoms with Crippen molar-refractivity contribution in [3.05, 3.63) is 65.4 Å². The number of hydrogen-bond donors (Lipinski definition) is 1. The second-order valence-corrected chi connectivity index (χ2v) is 8.64. The van der Waals surface area contributed by atoms with Gasteiger partial charge in [-0.05, 0) is 53.6 Å². The van der Waals surface area contributed by atoms with Gasteiger partial charge in [0.05, 0.1) is 12.2 Å². The van der Waals surface area contributed by atoms with E-state index in [1.54, 1.807) is 0 Å². The molecule has 1 N–H and O–H groups in total. The van der Waals surface area contributed by atoms with Gasteiger partial charge < -0.3 is 10.1 Å². The molecule has 0 unspecified atom stereocenters. The quantitative estimate of drug-likeness (QED) is 0.548. The Labute approximate surface area is 185 Å². The van der Waals surface area contributed by atoms with Crippen LogP contribution >= 0.6 is 0 Å². The van der Waals surface area contributed by atoms with Crippen molar-refractivity contribution in [2.24, 2.45) is 5.92 Å². The van der Waals surface area contributed by atoms with Gasteiger partial charge in [-0.2, -0.15) is 0 Å². The average Bonchev–Trinajstić information content (AvgIpc) is 2.97. The Hall–Kier alpha value is -3.08. The summed E-state index contributed by atoms with van der Waals surface area (Å²) in [5.41, 5.74) is 3.44. The maximum atomic E-state index is 13.2. The van der Waals surface area contributed by atoms with Crippen molar-refractivity contribution in [1.82, 2.24) is 4.90 Å². The molecule has 0 spiro atoms. The normalized spacial score (nSPS) is 14.2. The predicted octanol–water partition coefficient (Wildman–Crippen LogP) is 5.45. The van der Waals surface area contributed by atoms with Crippen LogP contribution in [0.15, 0.2) is 54.2 Å². The number of rotatable bonds is 9. The number of carbonyl (C=O) groups excluding carboxylic acids is 2. The van der Waals surface area contributed by atoms with Crippen LogP contribution in [-0.2, 0) is 9.59 Å². The number of amides is 2. The first kappa shape index (κ1) is 22.6. The Morgan fingerprint density at radius 3 is 2.10 bits per heavy atom. The third-order valence-electron chi connectivity index (χ3n) is 5.18. The molecule has 0 aliphatic carbocycles. The van der Waals surface area contributed by atoms with Crippen molar-refractivity contribution in [2.75, 3.05) is 18.5 Å². The first-order chi connectivity index (χ1) is 14.8. The van der Waals surface area contributed by atoms with Crippen LogP contribution in [0.4, 0.5) is 5.69 Å². The van der Waals surface area contributed by atoms with Gasteiger partial charge in [-0.3, -0.25) is 14.5 Å². The van der Waals surface area contributed by atoms with E-state index in [4.69, 9.17) is 4.74 Å². The molecule has 5 heteroatoms. The summed E-state index contributed by atoms with van der Waals surface area (Å²) in [6, 6.07) is 15.4. The van der Waals surface area contributed by atoms with Gasteiger partial charge in [-0.25, -0.2) is 0 Å². The number of ether oxygens (including phenoxy) is 1. The Balaban J connectivity index is 1.96. The molecule has 0 saturated carbocycles. The maximum absolute atomic E-state index is 13.2. The molecule has 0 atom stereocenters. The number of nitrogens with one attached hydrogen (secondary N) is 1. The van der Waals surface area contributed by atoms with Crippen molar-refractivity contribution < 1.29 is 14.3 Å². The average molecular weight is 421 g/mol. The van der Waals surface area contributed by atoms with E-state index >= 15 is 0 Å². The third kappa shape index (κ3) is 5.16. The van der Waals surface area contributed by atoms with Gasteiger partial charge in [0, 0.05) is 12.2 Å². The molecule has 31 heavy (non-hydrogen) atoms. The standard InChI is InChI=1S/C26H32N2O3/c1-6-15-31-22-13-9-20(10-14-22)23-24(26(30)28(25(23)29)16-17(2)3)27-21-11-7-19(8-12-21)18(4)5/h7-14,17-18,27H,6,15-16H2,1-5H3. The molecular weight excluding hydrogens is 388 g/mol. The smallest absolute Gasteiger partial charge is 0.278 e. The van der Waals surface area contributed by atoms with E-state index in [0.717, 1.165) is 17.9 Å². The van der Waals surface area contributed by atoms with E-state index < -0.39 is 0 Å². The van der Waals surface area contributed by atoms with Gasteiger partial charge >= 0.3 is 0 Å². The maximum Gasteiger partial charge on any atom is 0.278 e. The van der Waals surface area contributed by atoms with Crippen molar-refractivity contribution >= 4 is 23.1 Å². The van der Waals surface area contributed by atoms with Crippen LogP contribution in [0.25, 0.3) is 5.57 Å². The Bertz CT molecular complexity index is 957. The van der Waals surface area contributed by atoms with Crippen molar-refractivity contribution in [2.45, 2.75) is 47.0 Å². The van der Waals surface area contributed by atoms with Crippen LogP contribution in [0.5, 0.6) is 5.75 Å². The van der Waals surface area contributed by atoms with Gasteiger partial charge in [0.25, 0.3) is 11.8 Å². The van der Waals surface area contributed by atoms with E-state index in [0.29, 0.717) is 35.9 Å². The molecule has 0 fully saturated rings. The van der Waals surface area contributed by atoms with E-state index in [9.17, 15) is 9.59 Å². The number of nitrogens with zero attached hydrogens (tertiary/aromatic N) is 1. The molecule has 0 saturated heterocycles. The van der Waals surface area contributed by atoms with E-state index in [1.807, 2.05) is 62.4 Å². The molecule has 1 aliphatic heterocycles. The molecular formula is C26H32N2O3. The summed E-state index contributed by atoms with van der Waals surface area (Å²) >= 11 is 0. The van der Waals surface area contributed by atoms with Crippen LogP contribution in [0.2, 0.25) is 0 Å². The molecule has 2 aromatic rings. The molecule has 2 aromatic carbocycles. The summed E-state index contributed by atoms with van der Waals surface area (Å²) in [7, 11) is 0. The zero-order valence-electron chi connectivity index (χ0n) is 19.1. The molecule has 2 amide bonds. The van der Waals surface area contributed by atoms with Crippen LogP contribution < -0.4 is 10.1 Å². The van der Waals surface area contributed by atoms with E-state index in [2.05, 4.69) is 26.1 Å². The molecule has 0 bridgehead atoms. The molecule has 1 aliphatic rings. The summed E-state index contributed by atoms with van der Waals surface area (Å²) in [6.07, 6.45) is 0.924. The lowest BCUT2D eigenvalue weighted by atomic mass is 10.0. The third-order valence-corrected chi connectivity index (χ3v) is 5.18. The van der Waals surface area contributed by atoms with E-state index in [-0.39, 0.29) is 17.7 Å². The van der Waals surface area contributed by atoms with Crippen LogP contribution in [0.3, 0.4) is 0 Å². The first-order valence-electron chi connectivity index (χ1n) is 11.0. The Kier molecular flexibility index (Phi) is 7.16. The van der Waals surface area contributed by atoms with E-state index in [1.165, 1.54) is 10.5 Å². The molecule has 1 heterocycles.